The maximum absolute atomic E-state index is 13.6. The monoisotopic (exact) mass is 285 g/mol. The van der Waals surface area contributed by atoms with Crippen LogP contribution in [0.1, 0.15) is 10.4 Å². The molecule has 1 aromatic rings. The molecule has 7 nitrogen and oxygen atoms in total. The Labute approximate surface area is 115 Å². The Morgan fingerprint density at radius 2 is 2.15 bits per heavy atom. The van der Waals surface area contributed by atoms with Gasteiger partial charge in [0.25, 0.3) is 5.69 Å². The van der Waals surface area contributed by atoms with Gasteiger partial charge in [0.1, 0.15) is 11.5 Å². The second-order valence-electron chi connectivity index (χ2n) is 4.33. The summed E-state index contributed by atoms with van der Waals surface area (Å²) in [7, 11) is 4.81. The predicted octanol–water partition coefficient (Wildman–Crippen LogP) is 1.49. The third-order valence-electron chi connectivity index (χ3n) is 2.56. The van der Waals surface area contributed by atoms with Gasteiger partial charge in [0.05, 0.1) is 23.7 Å². The van der Waals surface area contributed by atoms with E-state index < -0.39 is 22.4 Å². The standard InChI is InChI=1S/C12H16FN3O4/c1-15(2)5-4-14-10-6-8(12(17)20-3)9(13)7-11(10)16(18)19/h6-7,14H,4-5H2,1-3H3. The molecule has 1 aromatic carbocycles. The first-order valence-corrected chi connectivity index (χ1v) is 5.81. The van der Waals surface area contributed by atoms with Crippen LogP contribution in [0.25, 0.3) is 0 Å². The number of halogens is 1. The summed E-state index contributed by atoms with van der Waals surface area (Å²) in [6.07, 6.45) is 0. The van der Waals surface area contributed by atoms with Crippen molar-refractivity contribution in [3.8, 4) is 0 Å². The highest BCUT2D eigenvalue weighted by Crippen LogP contribution is 2.28. The fourth-order valence-electron chi connectivity index (χ4n) is 1.54. The Bertz CT molecular complexity index is 520. The van der Waals surface area contributed by atoms with E-state index in [9.17, 15) is 19.3 Å². The van der Waals surface area contributed by atoms with E-state index in [1.165, 1.54) is 0 Å². The van der Waals surface area contributed by atoms with Crippen LogP contribution in [-0.4, -0.2) is 50.1 Å². The summed E-state index contributed by atoms with van der Waals surface area (Å²) in [6, 6.07) is 1.80. The molecule has 0 heterocycles. The highest BCUT2D eigenvalue weighted by atomic mass is 19.1. The minimum absolute atomic E-state index is 0.0821. The Balaban J connectivity index is 3.10. The average molecular weight is 285 g/mol. The molecule has 0 unspecified atom stereocenters. The Hall–Kier alpha value is -2.22. The van der Waals surface area contributed by atoms with Crippen LogP contribution in [-0.2, 0) is 4.74 Å². The molecule has 8 heteroatoms. The van der Waals surface area contributed by atoms with Gasteiger partial charge in [-0.05, 0) is 20.2 Å². The van der Waals surface area contributed by atoms with Crippen molar-refractivity contribution in [1.29, 1.82) is 0 Å². The number of nitro groups is 1. The van der Waals surface area contributed by atoms with Crippen molar-refractivity contribution < 1.29 is 18.8 Å². The lowest BCUT2D eigenvalue weighted by atomic mass is 10.1. The number of hydrogen-bond donors (Lipinski definition) is 1. The molecule has 1 N–H and O–H groups in total. The van der Waals surface area contributed by atoms with Crippen molar-refractivity contribution in [1.82, 2.24) is 4.90 Å². The second kappa shape index (κ2) is 6.80. The molecule has 1 rings (SSSR count). The fourth-order valence-corrected chi connectivity index (χ4v) is 1.54. The quantitative estimate of drug-likeness (QED) is 0.484. The van der Waals surface area contributed by atoms with E-state index in [1.54, 1.807) is 0 Å². The number of nitrogens with zero attached hydrogens (tertiary/aromatic N) is 2. The first-order chi connectivity index (χ1) is 9.36. The number of hydrogen-bond acceptors (Lipinski definition) is 6. The SMILES string of the molecule is COC(=O)c1cc(NCCN(C)C)c([N+](=O)[O-])cc1F. The van der Waals surface area contributed by atoms with Crippen LogP contribution in [0.15, 0.2) is 12.1 Å². The van der Waals surface area contributed by atoms with E-state index in [1.807, 2.05) is 19.0 Å². The molecule has 0 saturated carbocycles. The van der Waals surface area contributed by atoms with Gasteiger partial charge in [-0.1, -0.05) is 0 Å². The van der Waals surface area contributed by atoms with Gasteiger partial charge >= 0.3 is 5.97 Å². The number of carbonyl (C=O) groups excluding carboxylic acids is 1. The largest absolute Gasteiger partial charge is 0.465 e. The van der Waals surface area contributed by atoms with E-state index in [-0.39, 0.29) is 11.3 Å². The molecule has 0 radical (unpaired) electrons. The van der Waals surface area contributed by atoms with Gasteiger partial charge in [0, 0.05) is 13.1 Å². The number of carbonyl (C=O) groups is 1. The minimum atomic E-state index is -0.985. The maximum Gasteiger partial charge on any atom is 0.340 e. The Kier molecular flexibility index (Phi) is 5.39. The van der Waals surface area contributed by atoms with Gasteiger partial charge in [-0.25, -0.2) is 9.18 Å². The molecule has 0 aliphatic rings. The number of benzene rings is 1. The summed E-state index contributed by atoms with van der Waals surface area (Å²) in [5.74, 6) is -1.87. The zero-order valence-electron chi connectivity index (χ0n) is 11.5. The number of likely N-dealkylation sites (N-methyl/N-ethyl adjacent to an activating group) is 1. The number of ether oxygens (including phenoxy) is 1. The van der Waals surface area contributed by atoms with Crippen molar-refractivity contribution in [2.75, 3.05) is 39.6 Å². The number of methoxy groups -OCH3 is 1. The minimum Gasteiger partial charge on any atom is -0.465 e. The molecular weight excluding hydrogens is 269 g/mol. The molecule has 110 valence electrons. The summed E-state index contributed by atoms with van der Waals surface area (Å²) in [4.78, 5) is 23.4. The number of anilines is 1. The van der Waals surface area contributed by atoms with Crippen LogP contribution < -0.4 is 5.32 Å². The topological polar surface area (TPSA) is 84.7 Å². The molecule has 0 fully saturated rings. The lowest BCUT2D eigenvalue weighted by Gasteiger charge is -2.12. The zero-order chi connectivity index (χ0) is 15.3. The van der Waals surface area contributed by atoms with Crippen LogP contribution in [0.5, 0.6) is 0 Å². The summed E-state index contributed by atoms with van der Waals surface area (Å²) < 4.78 is 18.1. The van der Waals surface area contributed by atoms with E-state index in [0.717, 1.165) is 13.2 Å². The molecule has 20 heavy (non-hydrogen) atoms. The maximum atomic E-state index is 13.6. The van der Waals surface area contributed by atoms with Crippen LogP contribution >= 0.6 is 0 Å². The zero-order valence-corrected chi connectivity index (χ0v) is 11.5. The molecule has 0 amide bonds. The molecule has 0 aliphatic carbocycles. The number of rotatable bonds is 6. The summed E-state index contributed by atoms with van der Waals surface area (Å²) in [6.45, 7) is 1.04. The first-order valence-electron chi connectivity index (χ1n) is 5.81. The highest BCUT2D eigenvalue weighted by molar-refractivity contribution is 5.91. The summed E-state index contributed by atoms with van der Waals surface area (Å²) in [5, 5.41) is 13.7. The van der Waals surface area contributed by atoms with Gasteiger partial charge in [-0.3, -0.25) is 10.1 Å². The van der Waals surface area contributed by atoms with Crippen molar-refractivity contribution >= 4 is 17.3 Å². The molecule has 0 bridgehead atoms. The number of nitrogens with one attached hydrogen (secondary N) is 1. The third-order valence-corrected chi connectivity index (χ3v) is 2.56. The first kappa shape index (κ1) is 15.8. The van der Waals surface area contributed by atoms with E-state index in [0.29, 0.717) is 19.2 Å². The van der Waals surface area contributed by atoms with Crippen LogP contribution in [0, 0.1) is 15.9 Å². The van der Waals surface area contributed by atoms with Gasteiger partial charge in [0.2, 0.25) is 0 Å². The van der Waals surface area contributed by atoms with Crippen molar-refractivity contribution in [3.63, 3.8) is 0 Å². The van der Waals surface area contributed by atoms with Crippen LogP contribution in [0.4, 0.5) is 15.8 Å². The van der Waals surface area contributed by atoms with E-state index >= 15 is 0 Å². The lowest BCUT2D eigenvalue weighted by Crippen LogP contribution is -2.21. The van der Waals surface area contributed by atoms with Gasteiger partial charge in [-0.15, -0.1) is 0 Å². The Morgan fingerprint density at radius 1 is 1.50 bits per heavy atom. The lowest BCUT2D eigenvalue weighted by molar-refractivity contribution is -0.384. The predicted molar refractivity (Wildman–Crippen MR) is 71.4 cm³/mol. The van der Waals surface area contributed by atoms with Crippen LogP contribution in [0.3, 0.4) is 0 Å². The third kappa shape index (κ3) is 3.89. The van der Waals surface area contributed by atoms with Crippen molar-refractivity contribution in [2.45, 2.75) is 0 Å². The number of esters is 1. The summed E-state index contributed by atoms with van der Waals surface area (Å²) in [5.41, 5.74) is -0.682. The van der Waals surface area contributed by atoms with Crippen molar-refractivity contribution in [2.24, 2.45) is 0 Å². The second-order valence-corrected chi connectivity index (χ2v) is 4.33. The van der Waals surface area contributed by atoms with Crippen LogP contribution in [0.2, 0.25) is 0 Å². The van der Waals surface area contributed by atoms with Gasteiger partial charge in [-0.2, -0.15) is 0 Å². The molecule has 0 spiro atoms. The molecule has 0 aromatic heterocycles. The smallest absolute Gasteiger partial charge is 0.340 e. The molecule has 0 atom stereocenters. The van der Waals surface area contributed by atoms with Gasteiger partial charge in [0.15, 0.2) is 0 Å². The summed E-state index contributed by atoms with van der Waals surface area (Å²) >= 11 is 0. The highest BCUT2D eigenvalue weighted by Gasteiger charge is 2.22. The molecular formula is C12H16FN3O4. The fraction of sp³-hybridized carbons (Fsp3) is 0.417. The normalized spacial score (nSPS) is 10.4. The number of nitro benzene ring substituents is 1. The van der Waals surface area contributed by atoms with Crippen molar-refractivity contribution in [3.05, 3.63) is 33.6 Å². The average Bonchev–Trinajstić information content (AvgIpc) is 2.38. The van der Waals surface area contributed by atoms with E-state index in [2.05, 4.69) is 10.1 Å². The Morgan fingerprint density at radius 3 is 2.65 bits per heavy atom. The molecule has 0 aliphatic heterocycles. The van der Waals surface area contributed by atoms with Gasteiger partial charge < -0.3 is 15.0 Å². The van der Waals surface area contributed by atoms with E-state index in [4.69, 9.17) is 0 Å². The molecule has 0 saturated heterocycles.